The second-order valence-corrected chi connectivity index (χ2v) is 3.35. The van der Waals surface area contributed by atoms with Gasteiger partial charge in [0.2, 0.25) is 0 Å². The van der Waals surface area contributed by atoms with Gasteiger partial charge in [-0.15, -0.1) is 0 Å². The largest absolute Gasteiger partial charge is 0.493 e. The van der Waals surface area contributed by atoms with Crippen molar-refractivity contribution in [2.75, 3.05) is 7.11 Å². The van der Waals surface area contributed by atoms with E-state index in [1.807, 2.05) is 0 Å². The number of ketones is 1. The summed E-state index contributed by atoms with van der Waals surface area (Å²) in [7, 11) is 1.24. The van der Waals surface area contributed by atoms with Crippen molar-refractivity contribution >= 4 is 11.9 Å². The van der Waals surface area contributed by atoms with Gasteiger partial charge in [-0.25, -0.2) is 0 Å². The predicted octanol–water partition coefficient (Wildman–Crippen LogP) is 3.28. The molecular formula is C12H11F3O2. The number of halogens is 3. The molecule has 17 heavy (non-hydrogen) atoms. The lowest BCUT2D eigenvalue weighted by molar-refractivity contribution is -0.137. The Bertz CT molecular complexity index is 447. The highest BCUT2D eigenvalue weighted by Gasteiger charge is 2.32. The van der Waals surface area contributed by atoms with Gasteiger partial charge in [0.15, 0.2) is 11.5 Å². The zero-order chi connectivity index (χ0) is 13.1. The van der Waals surface area contributed by atoms with Crippen LogP contribution in [0.2, 0.25) is 0 Å². The molecule has 2 nitrogen and oxygen atoms in total. The predicted molar refractivity (Wildman–Crippen MR) is 57.1 cm³/mol. The van der Waals surface area contributed by atoms with Gasteiger partial charge in [0.25, 0.3) is 0 Å². The Labute approximate surface area is 96.7 Å². The molecule has 1 aromatic rings. The maximum atomic E-state index is 12.6. The first kappa shape index (κ1) is 13.3. The first-order valence-electron chi connectivity index (χ1n) is 4.79. The van der Waals surface area contributed by atoms with Gasteiger partial charge in [-0.05, 0) is 17.7 Å². The second-order valence-electron chi connectivity index (χ2n) is 3.35. The van der Waals surface area contributed by atoms with E-state index in [0.717, 1.165) is 12.1 Å². The third kappa shape index (κ3) is 3.34. The minimum atomic E-state index is -4.46. The Balaban J connectivity index is 3.28. The molecule has 0 aliphatic rings. The fourth-order valence-electron chi connectivity index (χ4n) is 1.33. The monoisotopic (exact) mass is 244 g/mol. The van der Waals surface area contributed by atoms with Gasteiger partial charge in [0, 0.05) is 6.92 Å². The molecule has 92 valence electrons. The summed E-state index contributed by atoms with van der Waals surface area (Å²) in [6.45, 7) is 1.23. The highest BCUT2D eigenvalue weighted by molar-refractivity contribution is 5.95. The van der Waals surface area contributed by atoms with Crippen molar-refractivity contribution in [1.29, 1.82) is 0 Å². The molecule has 0 aliphatic heterocycles. The molecule has 1 aromatic carbocycles. The van der Waals surface area contributed by atoms with E-state index in [1.54, 1.807) is 0 Å². The summed E-state index contributed by atoms with van der Waals surface area (Å²) in [6, 6.07) is 5.00. The van der Waals surface area contributed by atoms with E-state index in [1.165, 1.54) is 32.2 Å². The van der Waals surface area contributed by atoms with Crippen LogP contribution in [0.15, 0.2) is 30.0 Å². The zero-order valence-electron chi connectivity index (χ0n) is 9.34. The van der Waals surface area contributed by atoms with Gasteiger partial charge in [0.05, 0.1) is 12.7 Å². The lowest BCUT2D eigenvalue weighted by atomic mass is 10.1. The number of carbonyl (C=O) groups is 1. The number of Topliss-reactive ketones (excluding diaryl/α,β-unsaturated/α-hetero) is 1. The number of rotatable bonds is 3. The van der Waals surface area contributed by atoms with Crippen LogP contribution in [-0.4, -0.2) is 12.9 Å². The molecule has 0 spiro atoms. The number of allylic oxidation sites excluding steroid dienone is 1. The molecule has 0 aromatic heterocycles. The average Bonchev–Trinajstić information content (AvgIpc) is 2.24. The molecule has 0 fully saturated rings. The Hall–Kier alpha value is -1.78. The fourth-order valence-corrected chi connectivity index (χ4v) is 1.33. The Morgan fingerprint density at radius 1 is 1.29 bits per heavy atom. The summed E-state index contributed by atoms with van der Waals surface area (Å²) < 4.78 is 42.7. The van der Waals surface area contributed by atoms with Crippen LogP contribution in [0.25, 0.3) is 6.08 Å². The number of hydrogen-bond donors (Lipinski definition) is 0. The molecule has 1 rings (SSSR count). The van der Waals surface area contributed by atoms with E-state index >= 15 is 0 Å². The van der Waals surface area contributed by atoms with Crippen molar-refractivity contribution < 1.29 is 22.7 Å². The topological polar surface area (TPSA) is 26.3 Å². The van der Waals surface area contributed by atoms with Crippen molar-refractivity contribution in [3.63, 3.8) is 0 Å². The summed E-state index contributed by atoms with van der Waals surface area (Å²) in [6.07, 6.45) is -3.37. The summed E-state index contributed by atoms with van der Waals surface area (Å²) in [4.78, 5) is 11.1. The molecule has 0 bridgehead atoms. The molecule has 0 saturated carbocycles. The Kier molecular flexibility index (Phi) is 3.93. The summed E-state index contributed by atoms with van der Waals surface area (Å²) in [5.74, 6) is -0.536. The molecule has 0 radical (unpaired) electrons. The van der Waals surface area contributed by atoms with Crippen LogP contribution in [0, 0.1) is 0 Å². The molecule has 0 amide bonds. The molecule has 5 heteroatoms. The number of ether oxygens (including phenoxy) is 1. The number of alkyl halides is 3. The van der Waals surface area contributed by atoms with Crippen LogP contribution in [-0.2, 0) is 15.7 Å². The van der Waals surface area contributed by atoms with E-state index in [9.17, 15) is 18.0 Å². The van der Waals surface area contributed by atoms with E-state index < -0.39 is 17.5 Å². The van der Waals surface area contributed by atoms with Crippen LogP contribution < -0.4 is 0 Å². The molecule has 0 atom stereocenters. The maximum absolute atomic E-state index is 12.6. The highest BCUT2D eigenvalue weighted by Crippen LogP contribution is 2.32. The van der Waals surface area contributed by atoms with Crippen molar-refractivity contribution in [2.24, 2.45) is 0 Å². The van der Waals surface area contributed by atoms with E-state index in [2.05, 4.69) is 0 Å². The molecule has 0 aliphatic carbocycles. The summed E-state index contributed by atoms with van der Waals surface area (Å²) >= 11 is 0. The van der Waals surface area contributed by atoms with Gasteiger partial charge in [-0.2, -0.15) is 13.2 Å². The Morgan fingerprint density at radius 3 is 2.35 bits per heavy atom. The van der Waals surface area contributed by atoms with Crippen LogP contribution in [0.4, 0.5) is 13.2 Å². The number of carbonyl (C=O) groups excluding carboxylic acids is 1. The lowest BCUT2D eigenvalue weighted by Gasteiger charge is -2.10. The average molecular weight is 244 g/mol. The van der Waals surface area contributed by atoms with Gasteiger partial charge in [-0.1, -0.05) is 18.2 Å². The SMILES string of the molecule is CO/C(=C/c1ccccc1C(F)(F)F)C(C)=O. The van der Waals surface area contributed by atoms with Crippen molar-refractivity contribution in [1.82, 2.24) is 0 Å². The third-order valence-electron chi connectivity index (χ3n) is 2.12. The highest BCUT2D eigenvalue weighted by atomic mass is 19.4. The van der Waals surface area contributed by atoms with Crippen LogP contribution in [0.5, 0.6) is 0 Å². The smallest absolute Gasteiger partial charge is 0.416 e. The van der Waals surface area contributed by atoms with Crippen molar-refractivity contribution in [3.8, 4) is 0 Å². The minimum absolute atomic E-state index is 0.0907. The van der Waals surface area contributed by atoms with Gasteiger partial charge < -0.3 is 4.74 Å². The van der Waals surface area contributed by atoms with Crippen LogP contribution in [0.1, 0.15) is 18.1 Å². The Morgan fingerprint density at radius 2 is 1.88 bits per heavy atom. The normalized spacial score (nSPS) is 12.4. The zero-order valence-corrected chi connectivity index (χ0v) is 9.34. The first-order chi connectivity index (χ1) is 7.86. The van der Waals surface area contributed by atoms with Gasteiger partial charge in [0.1, 0.15) is 0 Å². The molecule has 0 N–H and O–H groups in total. The van der Waals surface area contributed by atoms with Gasteiger partial charge >= 0.3 is 6.18 Å². The molecule has 0 heterocycles. The summed E-state index contributed by atoms with van der Waals surface area (Å²) in [5, 5.41) is 0. The standard InChI is InChI=1S/C12H11F3O2/c1-8(16)11(17-2)7-9-5-3-4-6-10(9)12(13,14)15/h3-7H,1-2H3/b11-7+. The van der Waals surface area contributed by atoms with Gasteiger partial charge in [-0.3, -0.25) is 4.79 Å². The lowest BCUT2D eigenvalue weighted by Crippen LogP contribution is -2.08. The maximum Gasteiger partial charge on any atom is 0.416 e. The number of benzene rings is 1. The summed E-state index contributed by atoms with van der Waals surface area (Å²) in [5.41, 5.74) is -0.886. The second kappa shape index (κ2) is 5.03. The van der Waals surface area contributed by atoms with Crippen LogP contribution in [0.3, 0.4) is 0 Å². The van der Waals surface area contributed by atoms with E-state index in [-0.39, 0.29) is 11.3 Å². The van der Waals surface area contributed by atoms with Crippen molar-refractivity contribution in [2.45, 2.75) is 13.1 Å². The number of hydrogen-bond acceptors (Lipinski definition) is 2. The molecule has 0 unspecified atom stereocenters. The first-order valence-corrected chi connectivity index (χ1v) is 4.79. The minimum Gasteiger partial charge on any atom is -0.493 e. The number of methoxy groups -OCH3 is 1. The van der Waals surface area contributed by atoms with Crippen molar-refractivity contribution in [3.05, 3.63) is 41.2 Å². The van der Waals surface area contributed by atoms with Crippen LogP contribution >= 0.6 is 0 Å². The fraction of sp³-hybridized carbons (Fsp3) is 0.250. The van der Waals surface area contributed by atoms with E-state index in [0.29, 0.717) is 0 Å². The molecule has 0 saturated heterocycles. The third-order valence-corrected chi connectivity index (χ3v) is 2.12. The van der Waals surface area contributed by atoms with E-state index in [4.69, 9.17) is 4.74 Å². The molecular weight excluding hydrogens is 233 g/mol. The quantitative estimate of drug-likeness (QED) is 0.602.